The van der Waals surface area contributed by atoms with E-state index in [1.54, 1.807) is 0 Å². The molecule has 0 aliphatic carbocycles. The molecular weight excluding hydrogens is 308 g/mol. The Kier molecular flexibility index (Phi) is 6.62. The normalized spacial score (nSPS) is 18.8. The van der Waals surface area contributed by atoms with Crippen LogP contribution in [-0.2, 0) is 4.74 Å². The van der Waals surface area contributed by atoms with Gasteiger partial charge in [-0.2, -0.15) is 0 Å². The second-order valence-electron chi connectivity index (χ2n) is 7.21. The summed E-state index contributed by atoms with van der Waals surface area (Å²) in [6.45, 7) is 5.14. The van der Waals surface area contributed by atoms with E-state index in [1.807, 2.05) is 0 Å². The zero-order valence-electron chi connectivity index (χ0n) is 15.5. The molecule has 1 aliphatic heterocycles. The van der Waals surface area contributed by atoms with Crippen LogP contribution in [0.25, 0.3) is 0 Å². The second-order valence-corrected chi connectivity index (χ2v) is 7.21. The molecule has 0 radical (unpaired) electrons. The van der Waals surface area contributed by atoms with Gasteiger partial charge >= 0.3 is 0 Å². The molecule has 0 N–H and O–H groups in total. The Bertz CT molecular complexity index is 575. The minimum absolute atomic E-state index is 0.293. The average Bonchev–Trinajstić information content (AvgIpc) is 2.66. The van der Waals surface area contributed by atoms with Crippen molar-refractivity contribution < 1.29 is 4.74 Å². The summed E-state index contributed by atoms with van der Waals surface area (Å²) in [5.74, 6) is 0.390. The molecule has 1 saturated heterocycles. The maximum atomic E-state index is 6.13. The van der Waals surface area contributed by atoms with Crippen LogP contribution in [0.5, 0.6) is 0 Å². The highest BCUT2D eigenvalue weighted by atomic mass is 16.5. The van der Waals surface area contributed by atoms with Gasteiger partial charge in [0.25, 0.3) is 0 Å². The van der Waals surface area contributed by atoms with E-state index >= 15 is 0 Å². The van der Waals surface area contributed by atoms with Crippen molar-refractivity contribution in [2.75, 3.05) is 46.9 Å². The van der Waals surface area contributed by atoms with Gasteiger partial charge in [-0.05, 0) is 31.6 Å². The maximum Gasteiger partial charge on any atom is 0.0711 e. The van der Waals surface area contributed by atoms with Crippen LogP contribution in [0.1, 0.15) is 23.5 Å². The molecule has 1 fully saturated rings. The third kappa shape index (κ3) is 5.40. The summed E-state index contributed by atoms with van der Waals surface area (Å²) in [6, 6.07) is 21.7. The molecule has 1 atom stereocenters. The Morgan fingerprint density at radius 3 is 2.16 bits per heavy atom. The smallest absolute Gasteiger partial charge is 0.0711 e. The number of hydrogen-bond donors (Lipinski definition) is 0. The van der Waals surface area contributed by atoms with Crippen molar-refractivity contribution in [2.45, 2.75) is 18.4 Å². The fourth-order valence-corrected chi connectivity index (χ4v) is 3.57. The van der Waals surface area contributed by atoms with Crippen LogP contribution in [0, 0.1) is 0 Å². The number of likely N-dealkylation sites (N-methyl/N-ethyl adjacent to an activating group) is 1. The van der Waals surface area contributed by atoms with Gasteiger partial charge < -0.3 is 9.64 Å². The van der Waals surface area contributed by atoms with Crippen molar-refractivity contribution in [3.63, 3.8) is 0 Å². The summed E-state index contributed by atoms with van der Waals surface area (Å²) >= 11 is 0. The molecule has 2 aromatic rings. The largest absolute Gasteiger partial charge is 0.376 e. The lowest BCUT2D eigenvalue weighted by Crippen LogP contribution is -2.45. The minimum Gasteiger partial charge on any atom is -0.376 e. The predicted molar refractivity (Wildman–Crippen MR) is 104 cm³/mol. The molecule has 3 heteroatoms. The Morgan fingerprint density at radius 2 is 1.60 bits per heavy atom. The zero-order valence-corrected chi connectivity index (χ0v) is 15.5. The fraction of sp³-hybridized carbons (Fsp3) is 0.455. The SMILES string of the molecule is CN(C)CCN1CCO[C@@H](CC(c2ccccc2)c2ccccc2)C1. The number of rotatable bonds is 7. The molecular formula is C22H30N2O. The van der Waals surface area contributed by atoms with E-state index < -0.39 is 0 Å². The summed E-state index contributed by atoms with van der Waals surface area (Å²) in [6.07, 6.45) is 1.33. The Balaban J connectivity index is 1.70. The van der Waals surface area contributed by atoms with Crippen molar-refractivity contribution in [1.29, 1.82) is 0 Å². The van der Waals surface area contributed by atoms with Crippen LogP contribution >= 0.6 is 0 Å². The number of benzene rings is 2. The zero-order chi connectivity index (χ0) is 17.5. The van der Waals surface area contributed by atoms with E-state index in [1.165, 1.54) is 11.1 Å². The lowest BCUT2D eigenvalue weighted by Gasteiger charge is -2.35. The van der Waals surface area contributed by atoms with Crippen LogP contribution < -0.4 is 0 Å². The highest BCUT2D eigenvalue weighted by Gasteiger charge is 2.25. The first-order valence-corrected chi connectivity index (χ1v) is 9.31. The number of morpholine rings is 1. The minimum atomic E-state index is 0.293. The van der Waals surface area contributed by atoms with Crippen molar-refractivity contribution in [1.82, 2.24) is 9.80 Å². The number of hydrogen-bond acceptors (Lipinski definition) is 3. The van der Waals surface area contributed by atoms with Crippen molar-refractivity contribution in [2.24, 2.45) is 0 Å². The van der Waals surface area contributed by atoms with Gasteiger partial charge in [0.1, 0.15) is 0 Å². The van der Waals surface area contributed by atoms with Crippen LogP contribution in [-0.4, -0.2) is 62.8 Å². The molecule has 0 unspecified atom stereocenters. The van der Waals surface area contributed by atoms with E-state index in [0.717, 1.165) is 39.2 Å². The van der Waals surface area contributed by atoms with Gasteiger partial charge in [0.2, 0.25) is 0 Å². The molecule has 3 rings (SSSR count). The fourth-order valence-electron chi connectivity index (χ4n) is 3.57. The Hall–Kier alpha value is -1.68. The first kappa shape index (κ1) is 18.1. The lowest BCUT2D eigenvalue weighted by atomic mass is 9.86. The quantitative estimate of drug-likeness (QED) is 0.769. The van der Waals surface area contributed by atoms with Gasteiger partial charge in [0.15, 0.2) is 0 Å². The molecule has 0 amide bonds. The monoisotopic (exact) mass is 338 g/mol. The molecule has 0 saturated carbocycles. The third-order valence-electron chi connectivity index (χ3n) is 4.99. The van der Waals surface area contributed by atoms with Gasteiger partial charge in [0.05, 0.1) is 12.7 Å². The summed E-state index contributed by atoms with van der Waals surface area (Å²) in [7, 11) is 4.28. The standard InChI is InChI=1S/C22H30N2O/c1-23(2)13-14-24-15-16-25-21(18-24)17-22(19-9-5-3-6-10-19)20-11-7-4-8-12-20/h3-12,21-22H,13-18H2,1-2H3/t21-/m0/s1. The van der Waals surface area contributed by atoms with Gasteiger partial charge in [-0.1, -0.05) is 60.7 Å². The molecule has 2 aromatic carbocycles. The Morgan fingerprint density at radius 1 is 1.00 bits per heavy atom. The van der Waals surface area contributed by atoms with E-state index in [9.17, 15) is 0 Å². The molecule has 25 heavy (non-hydrogen) atoms. The van der Waals surface area contributed by atoms with Gasteiger partial charge in [-0.3, -0.25) is 4.90 Å². The topological polar surface area (TPSA) is 15.7 Å². The molecule has 134 valence electrons. The van der Waals surface area contributed by atoms with E-state index in [-0.39, 0.29) is 0 Å². The van der Waals surface area contributed by atoms with Crippen LogP contribution in [0.3, 0.4) is 0 Å². The number of ether oxygens (including phenoxy) is 1. The van der Waals surface area contributed by atoms with Gasteiger partial charge in [-0.15, -0.1) is 0 Å². The molecule has 3 nitrogen and oxygen atoms in total. The molecule has 0 spiro atoms. The van der Waals surface area contributed by atoms with E-state index in [4.69, 9.17) is 4.74 Å². The highest BCUT2D eigenvalue weighted by Crippen LogP contribution is 2.30. The van der Waals surface area contributed by atoms with E-state index in [2.05, 4.69) is 84.6 Å². The van der Waals surface area contributed by atoms with Crippen molar-refractivity contribution >= 4 is 0 Å². The lowest BCUT2D eigenvalue weighted by molar-refractivity contribution is -0.0348. The van der Waals surface area contributed by atoms with Crippen molar-refractivity contribution in [3.8, 4) is 0 Å². The van der Waals surface area contributed by atoms with Crippen LogP contribution in [0.15, 0.2) is 60.7 Å². The second kappa shape index (κ2) is 9.14. The summed E-state index contributed by atoms with van der Waals surface area (Å²) in [4.78, 5) is 4.79. The molecule has 1 aliphatic rings. The first-order chi connectivity index (χ1) is 12.2. The third-order valence-corrected chi connectivity index (χ3v) is 4.99. The first-order valence-electron chi connectivity index (χ1n) is 9.31. The van der Waals surface area contributed by atoms with Gasteiger partial charge in [-0.25, -0.2) is 0 Å². The predicted octanol–water partition coefficient (Wildman–Crippen LogP) is 3.47. The molecule has 0 bridgehead atoms. The van der Waals surface area contributed by atoms with Crippen LogP contribution in [0.4, 0.5) is 0 Å². The van der Waals surface area contributed by atoms with Crippen LogP contribution in [0.2, 0.25) is 0 Å². The average molecular weight is 338 g/mol. The molecule has 1 heterocycles. The van der Waals surface area contributed by atoms with Crippen molar-refractivity contribution in [3.05, 3.63) is 71.8 Å². The summed E-state index contributed by atoms with van der Waals surface area (Å²) in [5.41, 5.74) is 2.76. The number of nitrogens with zero attached hydrogens (tertiary/aromatic N) is 2. The highest BCUT2D eigenvalue weighted by molar-refractivity contribution is 5.32. The van der Waals surface area contributed by atoms with E-state index in [0.29, 0.717) is 12.0 Å². The molecule has 0 aromatic heterocycles. The summed E-state index contributed by atoms with van der Waals surface area (Å²) < 4.78 is 6.13. The summed E-state index contributed by atoms with van der Waals surface area (Å²) in [5, 5.41) is 0. The van der Waals surface area contributed by atoms with Gasteiger partial charge in [0, 0.05) is 32.1 Å². The maximum absolute atomic E-state index is 6.13. The Labute approximate surface area is 152 Å².